The Labute approximate surface area is 123 Å². The number of carbonyl (C=O) groups excluding carboxylic acids is 1. The molecule has 0 aromatic rings. The molecule has 1 amide bonds. The molecule has 0 aromatic heterocycles. The van der Waals surface area contributed by atoms with Crippen LogP contribution in [0.2, 0.25) is 0 Å². The minimum Gasteiger partial charge on any atom is -0.343 e. The van der Waals surface area contributed by atoms with E-state index in [-0.39, 0.29) is 6.04 Å². The number of nitrogens with two attached hydrogens (primary N) is 1. The SMILES string of the molecule is CC1CN(C(CN)CC(=O)N2CCCC2)CC1N(C)C. The van der Waals surface area contributed by atoms with Gasteiger partial charge in [0.05, 0.1) is 0 Å². The summed E-state index contributed by atoms with van der Waals surface area (Å²) in [5, 5.41) is 0. The molecule has 0 spiro atoms. The summed E-state index contributed by atoms with van der Waals surface area (Å²) in [5.41, 5.74) is 5.94. The molecule has 5 nitrogen and oxygen atoms in total. The number of likely N-dealkylation sites (N-methyl/N-ethyl adjacent to an activating group) is 1. The van der Waals surface area contributed by atoms with Crippen molar-refractivity contribution in [2.75, 3.05) is 46.8 Å². The predicted octanol–water partition coefficient (Wildman–Crippen LogP) is 0.208. The van der Waals surface area contributed by atoms with Crippen molar-refractivity contribution < 1.29 is 4.79 Å². The third-order valence-corrected chi connectivity index (χ3v) is 4.92. The molecule has 2 aliphatic rings. The first-order chi connectivity index (χ1) is 9.52. The Morgan fingerprint density at radius 3 is 2.45 bits per heavy atom. The molecule has 2 rings (SSSR count). The Morgan fingerprint density at radius 1 is 1.30 bits per heavy atom. The molecule has 2 saturated heterocycles. The number of carbonyl (C=O) groups is 1. The van der Waals surface area contributed by atoms with Gasteiger partial charge in [-0.25, -0.2) is 0 Å². The van der Waals surface area contributed by atoms with E-state index in [0.717, 1.165) is 39.0 Å². The van der Waals surface area contributed by atoms with Crippen molar-refractivity contribution in [2.45, 2.75) is 38.3 Å². The van der Waals surface area contributed by atoms with Crippen LogP contribution in [0, 0.1) is 5.92 Å². The van der Waals surface area contributed by atoms with Crippen LogP contribution >= 0.6 is 0 Å². The average Bonchev–Trinajstić information content (AvgIpc) is 3.04. The zero-order valence-electron chi connectivity index (χ0n) is 13.2. The van der Waals surface area contributed by atoms with E-state index in [9.17, 15) is 4.79 Å². The Kier molecular flexibility index (Phi) is 5.41. The topological polar surface area (TPSA) is 52.8 Å². The van der Waals surface area contributed by atoms with Crippen LogP contribution in [-0.2, 0) is 4.79 Å². The number of nitrogens with zero attached hydrogens (tertiary/aromatic N) is 3. The van der Waals surface area contributed by atoms with Gasteiger partial charge in [-0.2, -0.15) is 0 Å². The highest BCUT2D eigenvalue weighted by atomic mass is 16.2. The second-order valence-corrected chi connectivity index (χ2v) is 6.64. The second-order valence-electron chi connectivity index (χ2n) is 6.64. The van der Waals surface area contributed by atoms with E-state index < -0.39 is 0 Å². The Balaban J connectivity index is 1.90. The van der Waals surface area contributed by atoms with Crippen molar-refractivity contribution in [2.24, 2.45) is 11.7 Å². The van der Waals surface area contributed by atoms with Crippen molar-refractivity contribution >= 4 is 5.91 Å². The molecule has 3 unspecified atom stereocenters. The number of likely N-dealkylation sites (tertiary alicyclic amines) is 2. The summed E-state index contributed by atoms with van der Waals surface area (Å²) in [7, 11) is 4.27. The van der Waals surface area contributed by atoms with E-state index >= 15 is 0 Å². The fourth-order valence-electron chi connectivity index (χ4n) is 3.62. The number of hydrogen-bond donors (Lipinski definition) is 1. The molecular weight excluding hydrogens is 252 g/mol. The third-order valence-electron chi connectivity index (χ3n) is 4.92. The summed E-state index contributed by atoms with van der Waals surface area (Å²) in [6.07, 6.45) is 2.90. The molecule has 20 heavy (non-hydrogen) atoms. The highest BCUT2D eigenvalue weighted by Gasteiger charge is 2.35. The van der Waals surface area contributed by atoms with E-state index in [1.807, 2.05) is 4.90 Å². The molecule has 0 radical (unpaired) electrons. The van der Waals surface area contributed by atoms with E-state index in [4.69, 9.17) is 5.73 Å². The van der Waals surface area contributed by atoms with Crippen LogP contribution in [0.1, 0.15) is 26.2 Å². The summed E-state index contributed by atoms with van der Waals surface area (Å²) in [6.45, 7) is 6.83. The van der Waals surface area contributed by atoms with Gasteiger partial charge in [-0.3, -0.25) is 9.69 Å². The minimum atomic E-state index is 0.204. The highest BCUT2D eigenvalue weighted by Crippen LogP contribution is 2.23. The zero-order chi connectivity index (χ0) is 14.7. The molecule has 2 fully saturated rings. The van der Waals surface area contributed by atoms with Gasteiger partial charge < -0.3 is 15.5 Å². The highest BCUT2D eigenvalue weighted by molar-refractivity contribution is 5.77. The van der Waals surface area contributed by atoms with Crippen LogP contribution in [0.3, 0.4) is 0 Å². The van der Waals surface area contributed by atoms with Gasteiger partial charge in [0, 0.05) is 51.2 Å². The Bertz CT molecular complexity index is 328. The van der Waals surface area contributed by atoms with Gasteiger partial charge in [-0.15, -0.1) is 0 Å². The van der Waals surface area contributed by atoms with Gasteiger partial charge in [0.15, 0.2) is 0 Å². The first-order valence-corrected chi connectivity index (χ1v) is 7.91. The van der Waals surface area contributed by atoms with Crippen molar-refractivity contribution in [3.05, 3.63) is 0 Å². The van der Waals surface area contributed by atoms with Crippen LogP contribution in [0.5, 0.6) is 0 Å². The normalized spacial score (nSPS) is 29.4. The van der Waals surface area contributed by atoms with E-state index in [0.29, 0.717) is 30.8 Å². The average molecular weight is 282 g/mol. The first-order valence-electron chi connectivity index (χ1n) is 7.91. The molecular formula is C15H30N4O. The summed E-state index contributed by atoms with van der Waals surface area (Å²) in [6, 6.07) is 0.779. The van der Waals surface area contributed by atoms with E-state index in [2.05, 4.69) is 30.8 Å². The molecule has 2 aliphatic heterocycles. The molecule has 116 valence electrons. The lowest BCUT2D eigenvalue weighted by Crippen LogP contribution is -2.44. The molecule has 5 heteroatoms. The summed E-state index contributed by atoms with van der Waals surface area (Å²) < 4.78 is 0. The van der Waals surface area contributed by atoms with Gasteiger partial charge in [0.1, 0.15) is 0 Å². The number of amides is 1. The Morgan fingerprint density at radius 2 is 1.95 bits per heavy atom. The molecule has 2 N–H and O–H groups in total. The van der Waals surface area contributed by atoms with Gasteiger partial charge in [0.25, 0.3) is 0 Å². The predicted molar refractivity (Wildman–Crippen MR) is 81.5 cm³/mol. The van der Waals surface area contributed by atoms with Crippen molar-refractivity contribution in [3.63, 3.8) is 0 Å². The van der Waals surface area contributed by atoms with E-state index in [1.165, 1.54) is 0 Å². The maximum atomic E-state index is 12.3. The lowest BCUT2D eigenvalue weighted by atomic mass is 10.1. The van der Waals surface area contributed by atoms with Crippen molar-refractivity contribution in [1.29, 1.82) is 0 Å². The number of rotatable bonds is 5. The second kappa shape index (κ2) is 6.87. The lowest BCUT2D eigenvalue weighted by Gasteiger charge is -2.28. The smallest absolute Gasteiger partial charge is 0.224 e. The van der Waals surface area contributed by atoms with Gasteiger partial charge in [-0.05, 0) is 32.9 Å². The molecule has 0 bridgehead atoms. The van der Waals surface area contributed by atoms with Crippen LogP contribution in [0.25, 0.3) is 0 Å². The Hall–Kier alpha value is -0.650. The van der Waals surface area contributed by atoms with Crippen LogP contribution in [0.15, 0.2) is 0 Å². The summed E-state index contributed by atoms with van der Waals surface area (Å²) in [5.74, 6) is 0.930. The van der Waals surface area contributed by atoms with Crippen molar-refractivity contribution in [1.82, 2.24) is 14.7 Å². The van der Waals surface area contributed by atoms with Crippen molar-refractivity contribution in [3.8, 4) is 0 Å². The molecule has 0 saturated carbocycles. The van der Waals surface area contributed by atoms with E-state index in [1.54, 1.807) is 0 Å². The van der Waals surface area contributed by atoms with Gasteiger partial charge in [0.2, 0.25) is 5.91 Å². The fourth-order valence-corrected chi connectivity index (χ4v) is 3.62. The molecule has 2 heterocycles. The quantitative estimate of drug-likeness (QED) is 0.783. The van der Waals surface area contributed by atoms with Crippen LogP contribution in [0.4, 0.5) is 0 Å². The standard InChI is InChI=1S/C15H30N4O/c1-12-10-19(11-14(12)17(2)3)13(9-16)8-15(20)18-6-4-5-7-18/h12-14H,4-11,16H2,1-3H3. The maximum absolute atomic E-state index is 12.3. The fraction of sp³-hybridized carbons (Fsp3) is 0.933. The first kappa shape index (κ1) is 15.7. The molecule has 0 aromatic carbocycles. The number of hydrogen-bond acceptors (Lipinski definition) is 4. The minimum absolute atomic E-state index is 0.204. The van der Waals surface area contributed by atoms with Crippen LogP contribution in [-0.4, -0.2) is 79.5 Å². The summed E-state index contributed by atoms with van der Waals surface area (Å²) >= 11 is 0. The zero-order valence-corrected chi connectivity index (χ0v) is 13.2. The van der Waals surface area contributed by atoms with Crippen LogP contribution < -0.4 is 5.73 Å². The summed E-state index contributed by atoms with van der Waals surface area (Å²) in [4.78, 5) is 19.0. The molecule has 0 aliphatic carbocycles. The molecule has 3 atom stereocenters. The third kappa shape index (κ3) is 3.51. The largest absolute Gasteiger partial charge is 0.343 e. The maximum Gasteiger partial charge on any atom is 0.224 e. The van der Waals surface area contributed by atoms with Gasteiger partial charge in [-0.1, -0.05) is 6.92 Å². The monoisotopic (exact) mass is 282 g/mol. The van der Waals surface area contributed by atoms with Gasteiger partial charge >= 0.3 is 0 Å². The lowest BCUT2D eigenvalue weighted by molar-refractivity contribution is -0.131.